The zero-order valence-corrected chi connectivity index (χ0v) is 24.8. The minimum absolute atomic E-state index is 0.0647. The van der Waals surface area contributed by atoms with Crippen LogP contribution in [0.25, 0.3) is 11.1 Å². The summed E-state index contributed by atoms with van der Waals surface area (Å²) >= 11 is 0. The first-order valence-electron chi connectivity index (χ1n) is 14.9. The summed E-state index contributed by atoms with van der Waals surface area (Å²) in [6.45, 7) is 9.28. The molecule has 4 atom stereocenters. The van der Waals surface area contributed by atoms with Gasteiger partial charge in [-0.3, -0.25) is 4.90 Å². The van der Waals surface area contributed by atoms with E-state index in [0.29, 0.717) is 29.9 Å². The monoisotopic (exact) mass is 595 g/mol. The van der Waals surface area contributed by atoms with Gasteiger partial charge in [-0.25, -0.2) is 4.79 Å². The number of amides is 1. The maximum Gasteiger partial charge on any atom is 0.416 e. The number of nitrogens with one attached hydrogen (secondary N) is 2. The summed E-state index contributed by atoms with van der Waals surface area (Å²) in [5.74, 6) is 0.930. The quantitative estimate of drug-likeness (QED) is 0.232. The van der Waals surface area contributed by atoms with Crippen LogP contribution < -0.4 is 15.4 Å². The highest BCUT2D eigenvalue weighted by atomic mass is 19.4. The number of hydrogen-bond acceptors (Lipinski definition) is 4. The van der Waals surface area contributed by atoms with Crippen molar-refractivity contribution >= 4 is 6.09 Å². The summed E-state index contributed by atoms with van der Waals surface area (Å²) < 4.78 is 45.8. The normalized spacial score (nSPS) is 22.4. The summed E-state index contributed by atoms with van der Waals surface area (Å²) in [5.41, 5.74) is 2.84. The first-order chi connectivity index (χ1) is 20.4. The Labute approximate surface area is 251 Å². The third kappa shape index (κ3) is 7.70. The predicted molar refractivity (Wildman–Crippen MR) is 161 cm³/mol. The van der Waals surface area contributed by atoms with Crippen molar-refractivity contribution in [3.63, 3.8) is 0 Å². The lowest BCUT2D eigenvalue weighted by Crippen LogP contribution is -2.52. The van der Waals surface area contributed by atoms with Crippen LogP contribution in [0.2, 0.25) is 0 Å². The van der Waals surface area contributed by atoms with E-state index in [9.17, 15) is 23.1 Å². The van der Waals surface area contributed by atoms with E-state index in [-0.39, 0.29) is 17.5 Å². The number of rotatable bonds is 10. The Morgan fingerprint density at radius 3 is 2.37 bits per heavy atom. The van der Waals surface area contributed by atoms with E-state index in [4.69, 9.17) is 4.74 Å². The lowest BCUT2D eigenvalue weighted by Gasteiger charge is -2.38. The molecule has 0 radical (unpaired) electrons. The van der Waals surface area contributed by atoms with Crippen LogP contribution in [0.15, 0.2) is 72.8 Å². The fraction of sp³-hybridized carbons (Fsp3) is 0.441. The third-order valence-electron chi connectivity index (χ3n) is 8.49. The zero-order chi connectivity index (χ0) is 30.8. The highest BCUT2D eigenvalue weighted by Crippen LogP contribution is 2.44. The molecule has 1 saturated carbocycles. The predicted octanol–water partition coefficient (Wildman–Crippen LogP) is 7.15. The van der Waals surface area contributed by atoms with Crippen LogP contribution >= 0.6 is 0 Å². The minimum atomic E-state index is -4.39. The Balaban J connectivity index is 1.26. The first kappa shape index (κ1) is 30.9. The van der Waals surface area contributed by atoms with Gasteiger partial charge < -0.3 is 20.5 Å². The number of likely N-dealkylation sites (tertiary alicyclic amines) is 1. The molecular weight excluding hydrogens is 555 g/mol. The number of ether oxygens (including phenoxy) is 1. The molecule has 230 valence electrons. The van der Waals surface area contributed by atoms with Crippen molar-refractivity contribution < 1.29 is 27.8 Å². The maximum absolute atomic E-state index is 13.2. The van der Waals surface area contributed by atoms with E-state index >= 15 is 0 Å². The SMILES string of the molecule is CC(C)(C)C1C(NC(=O)O)CCN1CCNC1CC1c1ccc(OCc2ccccc2)c(-c2ccc(C(F)(F)F)cc2)c1. The molecule has 4 unspecified atom stereocenters. The van der Waals surface area contributed by atoms with E-state index in [1.807, 2.05) is 42.5 Å². The standard InChI is InChI=1S/C34H40F3N3O3/c1-33(2,3)31-28(39-32(41)42)15-17-40(31)18-16-38-29-20-26(29)24-11-14-30(43-21-22-7-5-4-6-8-22)27(19-24)23-9-12-25(13-10-23)34(35,36)37/h4-14,19,26,28-29,31,38-39H,15-18,20-21H2,1-3H3,(H,41,42). The molecule has 3 aromatic carbocycles. The molecule has 1 aliphatic heterocycles. The number of alkyl halides is 3. The summed E-state index contributed by atoms with van der Waals surface area (Å²) in [5, 5.41) is 15.7. The summed E-state index contributed by atoms with van der Waals surface area (Å²) in [4.78, 5) is 13.7. The van der Waals surface area contributed by atoms with Gasteiger partial charge in [-0.05, 0) is 59.2 Å². The van der Waals surface area contributed by atoms with Crippen molar-refractivity contribution in [1.29, 1.82) is 0 Å². The molecule has 2 fully saturated rings. The van der Waals surface area contributed by atoms with Crippen LogP contribution in [-0.2, 0) is 12.8 Å². The highest BCUT2D eigenvalue weighted by molar-refractivity contribution is 5.72. The van der Waals surface area contributed by atoms with Crippen molar-refractivity contribution in [3.8, 4) is 16.9 Å². The molecular formula is C34H40F3N3O3. The molecule has 43 heavy (non-hydrogen) atoms. The molecule has 9 heteroatoms. The van der Waals surface area contributed by atoms with Crippen molar-refractivity contribution in [2.24, 2.45) is 5.41 Å². The number of hydrogen-bond donors (Lipinski definition) is 3. The topological polar surface area (TPSA) is 73.8 Å². The molecule has 0 aromatic heterocycles. The lowest BCUT2D eigenvalue weighted by atomic mass is 9.82. The molecule has 1 amide bonds. The Morgan fingerprint density at radius 2 is 1.72 bits per heavy atom. The van der Waals surface area contributed by atoms with E-state index in [2.05, 4.69) is 42.4 Å². The molecule has 1 heterocycles. The third-order valence-corrected chi connectivity index (χ3v) is 8.49. The average molecular weight is 596 g/mol. The largest absolute Gasteiger partial charge is 0.488 e. The zero-order valence-electron chi connectivity index (χ0n) is 24.8. The van der Waals surface area contributed by atoms with Gasteiger partial charge in [0, 0.05) is 49.2 Å². The van der Waals surface area contributed by atoms with Gasteiger partial charge in [-0.15, -0.1) is 0 Å². The van der Waals surface area contributed by atoms with Crippen LogP contribution in [0.3, 0.4) is 0 Å². The summed E-state index contributed by atoms with van der Waals surface area (Å²) in [6.07, 6.45) is -3.60. The van der Waals surface area contributed by atoms with Gasteiger partial charge in [0.25, 0.3) is 0 Å². The van der Waals surface area contributed by atoms with Crippen molar-refractivity contribution in [3.05, 3.63) is 89.5 Å². The maximum atomic E-state index is 13.2. The van der Waals surface area contributed by atoms with Gasteiger partial charge in [0.05, 0.1) is 5.56 Å². The number of benzene rings is 3. The van der Waals surface area contributed by atoms with Gasteiger partial charge in [0.2, 0.25) is 0 Å². The number of carboxylic acid groups (broad SMARTS) is 1. The van der Waals surface area contributed by atoms with Crippen molar-refractivity contribution in [2.75, 3.05) is 19.6 Å². The molecule has 5 rings (SSSR count). The van der Waals surface area contributed by atoms with Crippen molar-refractivity contribution in [1.82, 2.24) is 15.5 Å². The smallest absolute Gasteiger partial charge is 0.416 e. The van der Waals surface area contributed by atoms with Crippen molar-refractivity contribution in [2.45, 2.75) is 70.4 Å². The summed E-state index contributed by atoms with van der Waals surface area (Å²) in [7, 11) is 0. The van der Waals surface area contributed by atoms with Crippen LogP contribution in [-0.4, -0.2) is 53.9 Å². The molecule has 1 saturated heterocycles. The van der Waals surface area contributed by atoms with E-state index in [0.717, 1.165) is 61.3 Å². The molecule has 3 aromatic rings. The number of nitrogens with zero attached hydrogens (tertiary/aromatic N) is 1. The van der Waals surface area contributed by atoms with Gasteiger partial charge in [0.1, 0.15) is 12.4 Å². The average Bonchev–Trinajstić information content (AvgIpc) is 3.61. The molecule has 0 spiro atoms. The van der Waals surface area contributed by atoms with Gasteiger partial charge in [-0.1, -0.05) is 69.3 Å². The minimum Gasteiger partial charge on any atom is -0.488 e. The van der Waals surface area contributed by atoms with Gasteiger partial charge >= 0.3 is 12.3 Å². The molecule has 3 N–H and O–H groups in total. The Morgan fingerprint density at radius 1 is 1.00 bits per heavy atom. The Hall–Kier alpha value is -3.56. The number of carbonyl (C=O) groups is 1. The van der Waals surface area contributed by atoms with E-state index in [1.54, 1.807) is 0 Å². The molecule has 0 bridgehead atoms. The second-order valence-electron chi connectivity index (χ2n) is 12.7. The fourth-order valence-corrected chi connectivity index (χ4v) is 6.45. The molecule has 1 aliphatic carbocycles. The van der Waals surface area contributed by atoms with E-state index < -0.39 is 17.8 Å². The van der Waals surface area contributed by atoms with Crippen LogP contribution in [0.1, 0.15) is 56.2 Å². The van der Waals surface area contributed by atoms with Crippen LogP contribution in [0.4, 0.5) is 18.0 Å². The number of halogens is 3. The first-order valence-corrected chi connectivity index (χ1v) is 14.9. The van der Waals surface area contributed by atoms with Crippen LogP contribution in [0, 0.1) is 5.41 Å². The lowest BCUT2D eigenvalue weighted by molar-refractivity contribution is -0.137. The van der Waals surface area contributed by atoms with E-state index in [1.165, 1.54) is 12.1 Å². The summed E-state index contributed by atoms with van der Waals surface area (Å²) in [6, 6.07) is 21.4. The Kier molecular flexibility index (Phi) is 9.04. The Bertz CT molecular complexity index is 1390. The second-order valence-corrected chi connectivity index (χ2v) is 12.7. The molecule has 6 nitrogen and oxygen atoms in total. The molecule has 2 aliphatic rings. The highest BCUT2D eigenvalue weighted by Gasteiger charge is 2.43. The second kappa shape index (κ2) is 12.6. The fourth-order valence-electron chi connectivity index (χ4n) is 6.45. The van der Waals surface area contributed by atoms with Crippen LogP contribution in [0.5, 0.6) is 5.75 Å². The van der Waals surface area contributed by atoms with Gasteiger partial charge in [0.15, 0.2) is 0 Å². The van der Waals surface area contributed by atoms with Gasteiger partial charge in [-0.2, -0.15) is 13.2 Å².